The van der Waals surface area contributed by atoms with Gasteiger partial charge in [0, 0.05) is 37.7 Å². The van der Waals surface area contributed by atoms with E-state index in [1.165, 1.54) is 5.69 Å². The molecule has 1 aliphatic heterocycles. The van der Waals surface area contributed by atoms with E-state index in [0.717, 1.165) is 31.5 Å². The summed E-state index contributed by atoms with van der Waals surface area (Å²) in [6.45, 7) is 2.60. The van der Waals surface area contributed by atoms with Gasteiger partial charge in [0.25, 0.3) is 0 Å². The number of nitrogens with zero attached hydrogens (tertiary/aromatic N) is 2. The van der Waals surface area contributed by atoms with Crippen LogP contribution >= 0.6 is 0 Å². The molecule has 1 saturated heterocycles. The van der Waals surface area contributed by atoms with Crippen molar-refractivity contribution in [2.45, 2.75) is 25.5 Å². The lowest BCUT2D eigenvalue weighted by Crippen LogP contribution is -2.44. The standard InChI is InChI=1S/C27H30N4O3/c32-26(29-19-21-13-17-31(18-14-21)24-11-15-28-16-12-24)25(23-9-5-2-6-10-23)30-27(33)34-20-22-7-3-1-4-8-22/h1-12,15-16,21,25H,13-14,17-20H2,(H,29,32)(H,30,33)/t25-/m1/s1. The molecule has 1 fully saturated rings. The van der Waals surface area contributed by atoms with Crippen LogP contribution < -0.4 is 15.5 Å². The predicted octanol–water partition coefficient (Wildman–Crippen LogP) is 4.08. The van der Waals surface area contributed by atoms with Crippen molar-refractivity contribution in [3.63, 3.8) is 0 Å². The largest absolute Gasteiger partial charge is 0.445 e. The van der Waals surface area contributed by atoms with Gasteiger partial charge < -0.3 is 20.3 Å². The highest BCUT2D eigenvalue weighted by atomic mass is 16.5. The maximum atomic E-state index is 13.1. The van der Waals surface area contributed by atoms with Gasteiger partial charge in [-0.25, -0.2) is 4.79 Å². The Morgan fingerprint density at radius 3 is 2.26 bits per heavy atom. The third-order valence-electron chi connectivity index (χ3n) is 6.08. The number of anilines is 1. The number of carbonyl (C=O) groups excluding carboxylic acids is 2. The van der Waals surface area contributed by atoms with Gasteiger partial charge in [-0.05, 0) is 42.0 Å². The molecule has 34 heavy (non-hydrogen) atoms. The number of carbonyl (C=O) groups is 2. The molecule has 2 amide bonds. The summed E-state index contributed by atoms with van der Waals surface area (Å²) < 4.78 is 5.34. The SMILES string of the molecule is O=C(N[C@@H](C(=O)NCC1CCN(c2ccncc2)CC1)c1ccccc1)OCc1ccccc1. The van der Waals surface area contributed by atoms with E-state index in [0.29, 0.717) is 18.0 Å². The molecule has 0 saturated carbocycles. The predicted molar refractivity (Wildman–Crippen MR) is 131 cm³/mol. The lowest BCUT2D eigenvalue weighted by molar-refractivity contribution is -0.123. The zero-order valence-electron chi connectivity index (χ0n) is 19.1. The van der Waals surface area contributed by atoms with E-state index >= 15 is 0 Å². The average molecular weight is 459 g/mol. The highest BCUT2D eigenvalue weighted by Crippen LogP contribution is 2.22. The Labute approximate surface area is 200 Å². The van der Waals surface area contributed by atoms with Crippen LogP contribution in [0.25, 0.3) is 0 Å². The Balaban J connectivity index is 1.30. The number of aromatic nitrogens is 1. The number of benzene rings is 2. The molecular formula is C27H30N4O3. The van der Waals surface area contributed by atoms with Crippen LogP contribution in [0, 0.1) is 5.92 Å². The molecular weight excluding hydrogens is 428 g/mol. The number of hydrogen-bond donors (Lipinski definition) is 2. The maximum absolute atomic E-state index is 13.1. The second-order valence-electron chi connectivity index (χ2n) is 8.43. The Bertz CT molecular complexity index is 1040. The van der Waals surface area contributed by atoms with Gasteiger partial charge in [0.1, 0.15) is 12.6 Å². The smallest absolute Gasteiger partial charge is 0.408 e. The van der Waals surface area contributed by atoms with Crippen LogP contribution in [0.2, 0.25) is 0 Å². The molecule has 2 N–H and O–H groups in total. The number of rotatable bonds is 8. The summed E-state index contributed by atoms with van der Waals surface area (Å²) in [5.74, 6) is 0.155. The Hall–Kier alpha value is -3.87. The summed E-state index contributed by atoms with van der Waals surface area (Å²) in [6.07, 6.45) is 4.97. The molecule has 0 spiro atoms. The number of piperidine rings is 1. The van der Waals surface area contributed by atoms with E-state index < -0.39 is 12.1 Å². The van der Waals surface area contributed by atoms with E-state index in [9.17, 15) is 9.59 Å². The van der Waals surface area contributed by atoms with Gasteiger partial charge in [0.15, 0.2) is 0 Å². The quantitative estimate of drug-likeness (QED) is 0.531. The summed E-state index contributed by atoms with van der Waals surface area (Å²) in [7, 11) is 0. The molecule has 0 bridgehead atoms. The molecule has 0 radical (unpaired) electrons. The number of nitrogens with one attached hydrogen (secondary N) is 2. The fourth-order valence-corrected chi connectivity index (χ4v) is 4.13. The average Bonchev–Trinajstić information content (AvgIpc) is 2.91. The van der Waals surface area contributed by atoms with E-state index in [1.54, 1.807) is 0 Å². The lowest BCUT2D eigenvalue weighted by Gasteiger charge is -2.33. The molecule has 7 heteroatoms. The van der Waals surface area contributed by atoms with Gasteiger partial charge in [-0.3, -0.25) is 9.78 Å². The highest BCUT2D eigenvalue weighted by molar-refractivity contribution is 5.86. The highest BCUT2D eigenvalue weighted by Gasteiger charge is 2.25. The van der Waals surface area contributed by atoms with Crippen LogP contribution in [0.3, 0.4) is 0 Å². The number of ether oxygens (including phenoxy) is 1. The molecule has 0 unspecified atom stereocenters. The van der Waals surface area contributed by atoms with E-state index in [4.69, 9.17) is 4.74 Å². The van der Waals surface area contributed by atoms with Gasteiger partial charge in [0.05, 0.1) is 0 Å². The summed E-state index contributed by atoms with van der Waals surface area (Å²) in [6, 6.07) is 21.9. The molecule has 3 aromatic rings. The van der Waals surface area contributed by atoms with Crippen molar-refractivity contribution in [1.82, 2.24) is 15.6 Å². The van der Waals surface area contributed by atoms with Gasteiger partial charge in [-0.1, -0.05) is 60.7 Å². The third-order valence-corrected chi connectivity index (χ3v) is 6.08. The van der Waals surface area contributed by atoms with Crippen molar-refractivity contribution >= 4 is 17.7 Å². The van der Waals surface area contributed by atoms with Crippen LogP contribution in [0.1, 0.15) is 30.0 Å². The topological polar surface area (TPSA) is 83.6 Å². The summed E-state index contributed by atoms with van der Waals surface area (Å²) in [4.78, 5) is 32.0. The van der Waals surface area contributed by atoms with Crippen LogP contribution in [-0.4, -0.2) is 36.6 Å². The van der Waals surface area contributed by atoms with E-state index in [-0.39, 0.29) is 12.5 Å². The lowest BCUT2D eigenvalue weighted by atomic mass is 9.96. The van der Waals surface area contributed by atoms with Gasteiger partial charge >= 0.3 is 6.09 Å². The van der Waals surface area contributed by atoms with Crippen molar-refractivity contribution in [3.8, 4) is 0 Å². The first-order chi connectivity index (χ1) is 16.7. The summed E-state index contributed by atoms with van der Waals surface area (Å²) >= 11 is 0. The minimum absolute atomic E-state index is 0.145. The monoisotopic (exact) mass is 458 g/mol. The van der Waals surface area contributed by atoms with Crippen molar-refractivity contribution in [3.05, 3.63) is 96.3 Å². The Morgan fingerprint density at radius 1 is 0.941 bits per heavy atom. The zero-order valence-corrected chi connectivity index (χ0v) is 19.1. The number of alkyl carbamates (subject to hydrolysis) is 1. The molecule has 4 rings (SSSR count). The van der Waals surface area contributed by atoms with Crippen molar-refractivity contribution < 1.29 is 14.3 Å². The molecule has 1 aromatic heterocycles. The summed E-state index contributed by atoms with van der Waals surface area (Å²) in [5, 5.41) is 5.78. The van der Waals surface area contributed by atoms with Crippen molar-refractivity contribution in [2.24, 2.45) is 5.92 Å². The fraction of sp³-hybridized carbons (Fsp3) is 0.296. The molecule has 176 valence electrons. The van der Waals surface area contributed by atoms with Gasteiger partial charge in [-0.2, -0.15) is 0 Å². The molecule has 7 nitrogen and oxygen atoms in total. The van der Waals surface area contributed by atoms with Crippen molar-refractivity contribution in [2.75, 3.05) is 24.5 Å². The minimum Gasteiger partial charge on any atom is -0.445 e. The van der Waals surface area contributed by atoms with Crippen LogP contribution in [0.15, 0.2) is 85.2 Å². The fourth-order valence-electron chi connectivity index (χ4n) is 4.13. The summed E-state index contributed by atoms with van der Waals surface area (Å²) in [5.41, 5.74) is 2.78. The Morgan fingerprint density at radius 2 is 1.59 bits per heavy atom. The second-order valence-corrected chi connectivity index (χ2v) is 8.43. The molecule has 1 atom stereocenters. The van der Waals surface area contributed by atoms with Gasteiger partial charge in [0.2, 0.25) is 5.91 Å². The normalized spacial score (nSPS) is 14.8. The van der Waals surface area contributed by atoms with E-state index in [1.807, 2.05) is 85.2 Å². The molecule has 1 aliphatic rings. The molecule has 2 heterocycles. The van der Waals surface area contributed by atoms with Gasteiger partial charge in [-0.15, -0.1) is 0 Å². The maximum Gasteiger partial charge on any atom is 0.408 e. The third kappa shape index (κ3) is 6.57. The minimum atomic E-state index is -0.818. The Kier molecular flexibility index (Phi) is 8.11. The van der Waals surface area contributed by atoms with Crippen LogP contribution in [0.4, 0.5) is 10.5 Å². The first-order valence-electron chi connectivity index (χ1n) is 11.6. The first kappa shape index (κ1) is 23.3. The van der Waals surface area contributed by atoms with Crippen LogP contribution in [-0.2, 0) is 16.1 Å². The van der Waals surface area contributed by atoms with Crippen molar-refractivity contribution in [1.29, 1.82) is 0 Å². The number of hydrogen-bond acceptors (Lipinski definition) is 5. The second kappa shape index (κ2) is 11.8. The van der Waals surface area contributed by atoms with Crippen LogP contribution in [0.5, 0.6) is 0 Å². The van der Waals surface area contributed by atoms with E-state index in [2.05, 4.69) is 20.5 Å². The molecule has 2 aromatic carbocycles. The number of amides is 2. The zero-order chi connectivity index (χ0) is 23.6. The first-order valence-corrected chi connectivity index (χ1v) is 11.6. The number of pyridine rings is 1. The molecule has 0 aliphatic carbocycles.